The van der Waals surface area contributed by atoms with E-state index in [2.05, 4.69) is 4.98 Å². The van der Waals surface area contributed by atoms with Crippen molar-refractivity contribution >= 4 is 33.3 Å². The average Bonchev–Trinajstić information content (AvgIpc) is 3.01. The first-order chi connectivity index (χ1) is 12.0. The molecule has 0 amide bonds. The molecule has 3 aromatic rings. The first-order valence-electron chi connectivity index (χ1n) is 7.64. The van der Waals surface area contributed by atoms with Crippen LogP contribution >= 0.6 is 12.4 Å². The maximum atomic E-state index is 13.3. The second-order valence-electron chi connectivity index (χ2n) is 5.37. The maximum Gasteiger partial charge on any atom is 0.212 e. The van der Waals surface area contributed by atoms with E-state index >= 15 is 0 Å². The Kier molecular flexibility index (Phi) is 6.12. The molecule has 26 heavy (non-hydrogen) atoms. The van der Waals surface area contributed by atoms with Crippen LogP contribution in [0.5, 0.6) is 11.5 Å². The van der Waals surface area contributed by atoms with E-state index in [0.29, 0.717) is 29.9 Å². The summed E-state index contributed by atoms with van der Waals surface area (Å²) in [5.41, 5.74) is 6.21. The molecular weight excluding hydrogens is 378 g/mol. The Morgan fingerprint density at radius 1 is 1.15 bits per heavy atom. The number of ether oxygens (including phenoxy) is 2. The van der Waals surface area contributed by atoms with Crippen molar-refractivity contribution in [2.24, 2.45) is 5.73 Å². The second kappa shape index (κ2) is 7.94. The Morgan fingerprint density at radius 2 is 1.92 bits per heavy atom. The fraction of sp³-hybridized carbons (Fsp3) is 0.235. The monoisotopic (exact) mass is 397 g/mol. The van der Waals surface area contributed by atoms with Crippen molar-refractivity contribution in [2.45, 2.75) is 16.3 Å². The fourth-order valence-corrected chi connectivity index (χ4v) is 4.37. The number of nitrogens with zero attached hydrogens (tertiary/aromatic N) is 2. The quantitative estimate of drug-likeness (QED) is 0.685. The maximum absolute atomic E-state index is 13.3. The number of aromatic nitrogens is 2. The van der Waals surface area contributed by atoms with Gasteiger partial charge in [-0.15, -0.1) is 12.4 Å². The molecule has 0 radical (unpaired) electrons. The number of pyridine rings is 1. The van der Waals surface area contributed by atoms with E-state index in [1.165, 1.54) is 20.3 Å². The normalized spacial score (nSPS) is 11.2. The van der Waals surface area contributed by atoms with Crippen molar-refractivity contribution in [1.29, 1.82) is 0 Å². The molecule has 2 N–H and O–H groups in total. The fourth-order valence-electron chi connectivity index (χ4n) is 2.73. The van der Waals surface area contributed by atoms with E-state index in [4.69, 9.17) is 15.2 Å². The summed E-state index contributed by atoms with van der Waals surface area (Å²) in [4.78, 5) is 4.50. The van der Waals surface area contributed by atoms with Gasteiger partial charge in [0.15, 0.2) is 0 Å². The molecule has 0 atom stereocenters. The van der Waals surface area contributed by atoms with Gasteiger partial charge in [-0.1, -0.05) is 0 Å². The highest BCUT2D eigenvalue weighted by atomic mass is 35.5. The molecule has 140 valence electrons. The van der Waals surface area contributed by atoms with Crippen LogP contribution in [0.3, 0.4) is 0 Å². The van der Waals surface area contributed by atoms with E-state index < -0.39 is 9.84 Å². The zero-order valence-electron chi connectivity index (χ0n) is 14.4. The summed E-state index contributed by atoms with van der Waals surface area (Å²) < 4.78 is 38.8. The lowest BCUT2D eigenvalue weighted by Crippen LogP contribution is -2.09. The van der Waals surface area contributed by atoms with Crippen LogP contribution in [0.25, 0.3) is 11.0 Å². The molecule has 0 aliphatic heterocycles. The number of halogens is 1. The molecule has 2 heterocycles. The highest BCUT2D eigenvalue weighted by molar-refractivity contribution is 7.91. The standard InChI is InChI=1S/C17H19N3O4S.ClH/c1-23-12-5-6-14(24-2)15(10-12)25(21,22)16-11-20(9-7-18)17-13(16)4-3-8-19-17;/h3-6,8,10-11H,7,9,18H2,1-2H3;1H. The summed E-state index contributed by atoms with van der Waals surface area (Å²) in [6.07, 6.45) is 3.19. The molecule has 0 fully saturated rings. The molecule has 2 aromatic heterocycles. The van der Waals surface area contributed by atoms with Crippen LogP contribution in [-0.4, -0.2) is 38.7 Å². The summed E-state index contributed by atoms with van der Waals surface area (Å²) in [6.45, 7) is 0.848. The van der Waals surface area contributed by atoms with E-state index in [1.54, 1.807) is 41.2 Å². The Balaban J connectivity index is 0.00000243. The summed E-state index contributed by atoms with van der Waals surface area (Å²) in [5.74, 6) is 0.688. The minimum atomic E-state index is -3.85. The minimum absolute atomic E-state index is 0. The third-order valence-corrected chi connectivity index (χ3v) is 5.72. The predicted molar refractivity (Wildman–Crippen MR) is 101 cm³/mol. The molecule has 0 saturated heterocycles. The SMILES string of the molecule is COc1ccc(OC)c(S(=O)(=O)c2cn(CCN)c3ncccc23)c1.Cl. The number of sulfone groups is 1. The number of benzene rings is 1. The van der Waals surface area contributed by atoms with Gasteiger partial charge in [-0.2, -0.15) is 0 Å². The Bertz CT molecular complexity index is 1020. The Morgan fingerprint density at radius 3 is 2.58 bits per heavy atom. The summed E-state index contributed by atoms with van der Waals surface area (Å²) in [7, 11) is -0.933. The average molecular weight is 398 g/mol. The topological polar surface area (TPSA) is 96.4 Å². The molecule has 0 unspecified atom stereocenters. The molecule has 0 saturated carbocycles. The molecule has 0 aliphatic rings. The summed E-state index contributed by atoms with van der Waals surface area (Å²) in [5, 5.41) is 0.542. The smallest absolute Gasteiger partial charge is 0.212 e. The number of hydrogen-bond donors (Lipinski definition) is 1. The van der Waals surface area contributed by atoms with Crippen LogP contribution in [-0.2, 0) is 16.4 Å². The minimum Gasteiger partial charge on any atom is -0.497 e. The first-order valence-corrected chi connectivity index (χ1v) is 9.12. The lowest BCUT2D eigenvalue weighted by molar-refractivity contribution is 0.392. The van der Waals surface area contributed by atoms with Crippen LogP contribution in [0.15, 0.2) is 52.5 Å². The number of nitrogens with two attached hydrogens (primary N) is 1. The van der Waals surface area contributed by atoms with Crippen molar-refractivity contribution in [3.63, 3.8) is 0 Å². The molecule has 9 heteroatoms. The third kappa shape index (κ3) is 3.35. The molecule has 3 rings (SSSR count). The second-order valence-corrected chi connectivity index (χ2v) is 7.26. The molecule has 0 aliphatic carbocycles. The molecule has 0 bridgehead atoms. The highest BCUT2D eigenvalue weighted by Gasteiger charge is 2.27. The first kappa shape index (κ1) is 20.0. The molecule has 7 nitrogen and oxygen atoms in total. The van der Waals surface area contributed by atoms with Gasteiger partial charge in [0.25, 0.3) is 0 Å². The summed E-state index contributed by atoms with van der Waals surface area (Å²) >= 11 is 0. The lowest BCUT2D eigenvalue weighted by atomic mass is 10.3. The number of methoxy groups -OCH3 is 2. The predicted octanol–water partition coefficient (Wildman–Crippen LogP) is 2.27. The van der Waals surface area contributed by atoms with Crippen molar-refractivity contribution < 1.29 is 17.9 Å². The number of rotatable bonds is 6. The van der Waals surface area contributed by atoms with Crippen molar-refractivity contribution in [2.75, 3.05) is 20.8 Å². The largest absolute Gasteiger partial charge is 0.497 e. The lowest BCUT2D eigenvalue weighted by Gasteiger charge is -2.10. The van der Waals surface area contributed by atoms with E-state index in [-0.39, 0.29) is 27.9 Å². The molecule has 1 aromatic carbocycles. The van der Waals surface area contributed by atoms with Crippen LogP contribution < -0.4 is 15.2 Å². The van der Waals surface area contributed by atoms with Crippen molar-refractivity contribution in [3.05, 3.63) is 42.7 Å². The molecule has 0 spiro atoms. The Hall–Kier alpha value is -2.29. The van der Waals surface area contributed by atoms with E-state index in [1.807, 2.05) is 0 Å². The number of fused-ring (bicyclic) bond motifs is 1. The van der Waals surface area contributed by atoms with Gasteiger partial charge in [0.2, 0.25) is 9.84 Å². The van der Waals surface area contributed by atoms with Gasteiger partial charge in [-0.3, -0.25) is 0 Å². The van der Waals surface area contributed by atoms with Gasteiger partial charge in [0.05, 0.1) is 19.1 Å². The molecular formula is C17H20ClN3O4S. The third-order valence-electron chi connectivity index (χ3n) is 3.92. The zero-order valence-corrected chi connectivity index (χ0v) is 16.0. The van der Waals surface area contributed by atoms with E-state index in [9.17, 15) is 8.42 Å². The van der Waals surface area contributed by atoms with Crippen molar-refractivity contribution in [3.8, 4) is 11.5 Å². The van der Waals surface area contributed by atoms with Gasteiger partial charge >= 0.3 is 0 Å². The van der Waals surface area contributed by atoms with Gasteiger partial charge in [-0.05, 0) is 24.3 Å². The Labute approximate surface area is 158 Å². The summed E-state index contributed by atoms with van der Waals surface area (Å²) in [6, 6.07) is 8.11. The number of hydrogen-bond acceptors (Lipinski definition) is 6. The van der Waals surface area contributed by atoms with Crippen LogP contribution in [0.2, 0.25) is 0 Å². The van der Waals surface area contributed by atoms with Gasteiger partial charge in [0.1, 0.15) is 22.0 Å². The van der Waals surface area contributed by atoms with Gasteiger partial charge < -0.3 is 19.8 Å². The van der Waals surface area contributed by atoms with Gasteiger partial charge in [-0.25, -0.2) is 13.4 Å². The van der Waals surface area contributed by atoms with Gasteiger partial charge in [0, 0.05) is 36.9 Å². The van der Waals surface area contributed by atoms with Crippen LogP contribution in [0.4, 0.5) is 0 Å². The zero-order chi connectivity index (χ0) is 18.0. The van der Waals surface area contributed by atoms with E-state index in [0.717, 1.165) is 0 Å². The van der Waals surface area contributed by atoms with Crippen LogP contribution in [0.1, 0.15) is 0 Å². The van der Waals surface area contributed by atoms with Crippen molar-refractivity contribution in [1.82, 2.24) is 9.55 Å². The highest BCUT2D eigenvalue weighted by Crippen LogP contribution is 2.35. The van der Waals surface area contributed by atoms with Crippen LogP contribution in [0, 0.1) is 0 Å².